The summed E-state index contributed by atoms with van der Waals surface area (Å²) in [5.41, 5.74) is 1.42. The lowest BCUT2D eigenvalue weighted by atomic mass is 10.1. The van der Waals surface area contributed by atoms with Gasteiger partial charge in [-0.3, -0.25) is 14.2 Å². The second kappa shape index (κ2) is 8.85. The Morgan fingerprint density at radius 3 is 2.41 bits per heavy atom. The monoisotopic (exact) mass is 447 g/mol. The van der Waals surface area contributed by atoms with Crippen LogP contribution in [0.1, 0.15) is 29.1 Å². The molecule has 0 aliphatic rings. The molecule has 6 nitrogen and oxygen atoms in total. The van der Waals surface area contributed by atoms with E-state index in [2.05, 4.69) is 0 Å². The molecule has 1 amide bonds. The van der Waals surface area contributed by atoms with Gasteiger partial charge in [-0.2, -0.15) is 0 Å². The van der Waals surface area contributed by atoms with Gasteiger partial charge in [0.15, 0.2) is 0 Å². The Hall–Kier alpha value is -3.64. The number of rotatable bonds is 5. The lowest BCUT2D eigenvalue weighted by Crippen LogP contribution is -2.35. The van der Waals surface area contributed by atoms with Crippen LogP contribution in [0.3, 0.4) is 0 Å². The number of halogens is 1. The van der Waals surface area contributed by atoms with E-state index in [1.807, 2.05) is 19.1 Å². The van der Waals surface area contributed by atoms with Gasteiger partial charge >= 0.3 is 0 Å². The molecule has 3 aromatic carbocycles. The van der Waals surface area contributed by atoms with Crippen molar-refractivity contribution in [2.45, 2.75) is 13.0 Å². The van der Waals surface area contributed by atoms with Crippen LogP contribution in [0.5, 0.6) is 5.75 Å². The van der Waals surface area contributed by atoms with Crippen molar-refractivity contribution in [1.82, 2.24) is 14.5 Å². The van der Waals surface area contributed by atoms with Crippen LogP contribution in [-0.2, 0) is 0 Å². The Morgan fingerprint density at radius 1 is 1.03 bits per heavy atom. The number of hydrogen-bond acceptors (Lipinski definition) is 4. The van der Waals surface area contributed by atoms with Gasteiger partial charge in [0.05, 0.1) is 35.3 Å². The van der Waals surface area contributed by atoms with E-state index in [9.17, 15) is 9.59 Å². The number of fused-ring (bicyclic) bond motifs is 1. The molecule has 0 aliphatic heterocycles. The van der Waals surface area contributed by atoms with E-state index in [0.717, 1.165) is 0 Å². The number of nitrogens with zero attached hydrogens (tertiary/aromatic N) is 3. The van der Waals surface area contributed by atoms with Crippen molar-refractivity contribution in [3.8, 4) is 11.4 Å². The molecule has 0 fully saturated rings. The zero-order chi connectivity index (χ0) is 22.8. The van der Waals surface area contributed by atoms with Crippen LogP contribution in [-0.4, -0.2) is 34.5 Å². The average Bonchev–Trinajstić information content (AvgIpc) is 2.83. The smallest absolute Gasteiger partial charge is 0.266 e. The molecule has 0 saturated carbocycles. The molecule has 4 aromatic rings. The van der Waals surface area contributed by atoms with E-state index in [1.165, 1.54) is 11.7 Å². The summed E-state index contributed by atoms with van der Waals surface area (Å²) in [6.45, 7) is 1.84. The van der Waals surface area contributed by atoms with Crippen molar-refractivity contribution in [3.63, 3.8) is 0 Å². The first-order valence-corrected chi connectivity index (χ1v) is 10.5. The summed E-state index contributed by atoms with van der Waals surface area (Å²) in [7, 11) is 3.21. The predicted molar refractivity (Wildman–Crippen MR) is 126 cm³/mol. The van der Waals surface area contributed by atoms with Crippen LogP contribution in [0, 0.1) is 0 Å². The number of aromatic nitrogens is 2. The minimum Gasteiger partial charge on any atom is -0.496 e. The summed E-state index contributed by atoms with van der Waals surface area (Å²) in [5, 5.41) is 1.06. The summed E-state index contributed by atoms with van der Waals surface area (Å²) in [5.74, 6) is 0.694. The molecule has 0 N–H and O–H groups in total. The number of para-hydroxylation sites is 2. The van der Waals surface area contributed by atoms with Gasteiger partial charge < -0.3 is 9.64 Å². The molecule has 162 valence electrons. The Kier molecular flexibility index (Phi) is 5.97. The van der Waals surface area contributed by atoms with Gasteiger partial charge in [0.1, 0.15) is 11.6 Å². The normalized spacial score (nSPS) is 11.9. The minimum absolute atomic E-state index is 0.210. The predicted octanol–water partition coefficient (Wildman–Crippen LogP) is 4.88. The van der Waals surface area contributed by atoms with E-state index < -0.39 is 6.04 Å². The molecule has 0 saturated heterocycles. The zero-order valence-corrected chi connectivity index (χ0v) is 18.7. The number of methoxy groups -OCH3 is 1. The molecule has 7 heteroatoms. The largest absolute Gasteiger partial charge is 0.496 e. The fraction of sp³-hybridized carbons (Fsp3) is 0.160. The molecule has 32 heavy (non-hydrogen) atoms. The second-order valence-electron chi connectivity index (χ2n) is 7.40. The first kappa shape index (κ1) is 21.6. The molecular formula is C25H22ClN3O3. The maximum Gasteiger partial charge on any atom is 0.266 e. The molecule has 4 rings (SSSR count). The van der Waals surface area contributed by atoms with Gasteiger partial charge in [-0.25, -0.2) is 4.98 Å². The third-order valence-corrected chi connectivity index (χ3v) is 5.75. The highest BCUT2D eigenvalue weighted by molar-refractivity contribution is 6.30. The maximum absolute atomic E-state index is 13.5. The zero-order valence-electron chi connectivity index (χ0n) is 17.9. The minimum atomic E-state index is -0.514. The Labute approximate surface area is 190 Å². The molecule has 0 radical (unpaired) electrons. The SMILES string of the molecule is COc1ccccc1C(=O)N(C)C(C)c1nc2ccccc2c(=O)n1-c1ccc(Cl)cc1. The van der Waals surface area contributed by atoms with Crippen LogP contribution in [0.2, 0.25) is 5.02 Å². The standard InChI is InChI=1S/C25H22ClN3O3/c1-16(28(2)24(30)20-9-5-7-11-22(20)32-3)23-27-21-10-6-4-8-19(21)25(31)29(23)18-14-12-17(26)13-15-18/h4-16H,1-3H3. The van der Waals surface area contributed by atoms with Crippen LogP contribution < -0.4 is 10.3 Å². The molecule has 1 unspecified atom stereocenters. The van der Waals surface area contributed by atoms with Gasteiger partial charge in [0, 0.05) is 12.1 Å². The number of hydrogen-bond donors (Lipinski definition) is 0. The van der Waals surface area contributed by atoms with Crippen molar-refractivity contribution in [2.75, 3.05) is 14.2 Å². The van der Waals surface area contributed by atoms with E-state index >= 15 is 0 Å². The molecule has 1 atom stereocenters. The Bertz CT molecular complexity index is 1350. The van der Waals surface area contributed by atoms with Crippen molar-refractivity contribution >= 4 is 28.4 Å². The average molecular weight is 448 g/mol. The second-order valence-corrected chi connectivity index (χ2v) is 7.83. The summed E-state index contributed by atoms with van der Waals surface area (Å²) < 4.78 is 6.89. The summed E-state index contributed by atoms with van der Waals surface area (Å²) in [6.07, 6.45) is 0. The fourth-order valence-electron chi connectivity index (χ4n) is 3.63. The van der Waals surface area contributed by atoms with Gasteiger partial charge in [0.2, 0.25) is 0 Å². The van der Waals surface area contributed by atoms with Gasteiger partial charge in [-0.05, 0) is 55.5 Å². The molecule has 0 bridgehead atoms. The number of carbonyl (C=O) groups excluding carboxylic acids is 1. The van der Waals surface area contributed by atoms with E-state index in [4.69, 9.17) is 21.3 Å². The first-order valence-electron chi connectivity index (χ1n) is 10.1. The van der Waals surface area contributed by atoms with Crippen LogP contribution in [0.15, 0.2) is 77.6 Å². The molecule has 0 aliphatic carbocycles. The maximum atomic E-state index is 13.5. The van der Waals surface area contributed by atoms with Gasteiger partial charge in [0.25, 0.3) is 11.5 Å². The highest BCUT2D eigenvalue weighted by Gasteiger charge is 2.26. The highest BCUT2D eigenvalue weighted by Crippen LogP contribution is 2.26. The highest BCUT2D eigenvalue weighted by atomic mass is 35.5. The summed E-state index contributed by atoms with van der Waals surface area (Å²) in [4.78, 5) is 33.1. The molecule has 1 heterocycles. The topological polar surface area (TPSA) is 64.4 Å². The number of carbonyl (C=O) groups is 1. The first-order chi connectivity index (χ1) is 15.4. The molecular weight excluding hydrogens is 426 g/mol. The lowest BCUT2D eigenvalue weighted by molar-refractivity contribution is 0.0731. The third kappa shape index (κ3) is 3.85. The van der Waals surface area contributed by atoms with Crippen molar-refractivity contribution < 1.29 is 9.53 Å². The fourth-order valence-corrected chi connectivity index (χ4v) is 3.76. The Balaban J connectivity index is 1.87. The van der Waals surface area contributed by atoms with E-state index in [-0.39, 0.29) is 11.5 Å². The van der Waals surface area contributed by atoms with Gasteiger partial charge in [-0.1, -0.05) is 35.9 Å². The molecule has 0 spiro atoms. The van der Waals surface area contributed by atoms with Crippen LogP contribution in [0.4, 0.5) is 0 Å². The quantitative estimate of drug-likeness (QED) is 0.437. The van der Waals surface area contributed by atoms with Crippen molar-refractivity contribution in [2.24, 2.45) is 0 Å². The lowest BCUT2D eigenvalue weighted by Gasteiger charge is -2.27. The van der Waals surface area contributed by atoms with E-state index in [1.54, 1.807) is 72.6 Å². The number of amides is 1. The third-order valence-electron chi connectivity index (χ3n) is 5.50. The molecule has 1 aromatic heterocycles. The number of ether oxygens (including phenoxy) is 1. The van der Waals surface area contributed by atoms with Gasteiger partial charge in [-0.15, -0.1) is 0 Å². The van der Waals surface area contributed by atoms with E-state index in [0.29, 0.717) is 38.8 Å². The van der Waals surface area contributed by atoms with Crippen LogP contribution in [0.25, 0.3) is 16.6 Å². The van der Waals surface area contributed by atoms with Crippen LogP contribution >= 0.6 is 11.6 Å². The summed E-state index contributed by atoms with van der Waals surface area (Å²) in [6, 6.07) is 20.7. The number of benzene rings is 3. The van der Waals surface area contributed by atoms with Crippen molar-refractivity contribution in [3.05, 3.63) is 99.6 Å². The van der Waals surface area contributed by atoms with Crippen molar-refractivity contribution in [1.29, 1.82) is 0 Å². The Morgan fingerprint density at radius 2 is 1.69 bits per heavy atom. The summed E-state index contributed by atoms with van der Waals surface area (Å²) >= 11 is 6.06.